The zero-order valence-corrected chi connectivity index (χ0v) is 16.5. The lowest BCUT2D eigenvalue weighted by molar-refractivity contribution is -0.150. The van der Waals surface area contributed by atoms with Crippen molar-refractivity contribution in [1.29, 1.82) is 5.26 Å². The molecule has 0 aromatic heterocycles. The Bertz CT molecular complexity index is 701. The second kappa shape index (κ2) is 11.8. The van der Waals surface area contributed by atoms with Crippen LogP contribution in [0.15, 0.2) is 42.1 Å². The summed E-state index contributed by atoms with van der Waals surface area (Å²) in [6.45, 7) is 3.82. The van der Waals surface area contributed by atoms with Gasteiger partial charge in [0.25, 0.3) is 5.91 Å². The minimum absolute atomic E-state index is 0.109. The fourth-order valence-electron chi connectivity index (χ4n) is 3.27. The molecule has 2 rings (SSSR count). The molecule has 0 bridgehead atoms. The Morgan fingerprint density at radius 2 is 1.96 bits per heavy atom. The molecule has 6 heteroatoms. The third kappa shape index (κ3) is 6.73. The van der Waals surface area contributed by atoms with E-state index in [1.165, 1.54) is 11.8 Å². The molecule has 1 fully saturated rings. The third-order valence-corrected chi connectivity index (χ3v) is 4.88. The summed E-state index contributed by atoms with van der Waals surface area (Å²) in [7, 11) is 0. The van der Waals surface area contributed by atoms with Crippen LogP contribution in [-0.4, -0.2) is 43.0 Å². The average Bonchev–Trinajstić information content (AvgIpc) is 2.74. The zero-order valence-electron chi connectivity index (χ0n) is 16.5. The number of hydrogen-bond donors (Lipinski definition) is 1. The normalized spacial score (nSPS) is 15.0. The molecule has 0 unspecified atom stereocenters. The number of rotatable bonds is 9. The van der Waals surface area contributed by atoms with E-state index in [-0.39, 0.29) is 23.4 Å². The molecule has 0 atom stereocenters. The second-order valence-electron chi connectivity index (χ2n) is 6.89. The van der Waals surface area contributed by atoms with Crippen LogP contribution < -0.4 is 5.32 Å². The van der Waals surface area contributed by atoms with Crippen molar-refractivity contribution in [2.45, 2.75) is 39.0 Å². The number of nitrogens with one attached hydrogen (secondary N) is 1. The van der Waals surface area contributed by atoms with E-state index in [4.69, 9.17) is 4.74 Å². The maximum absolute atomic E-state index is 12.5. The zero-order chi connectivity index (χ0) is 20.2. The van der Waals surface area contributed by atoms with Crippen LogP contribution >= 0.6 is 0 Å². The Hall–Kier alpha value is -2.81. The van der Waals surface area contributed by atoms with Gasteiger partial charge in [-0.1, -0.05) is 30.3 Å². The monoisotopic (exact) mass is 383 g/mol. The fourth-order valence-corrected chi connectivity index (χ4v) is 3.27. The average molecular weight is 383 g/mol. The number of amides is 1. The number of carbonyl (C=O) groups excluding carboxylic acids is 2. The first-order chi connectivity index (χ1) is 13.7. The van der Waals surface area contributed by atoms with E-state index in [1.54, 1.807) is 11.8 Å². The first-order valence-electron chi connectivity index (χ1n) is 9.99. The highest BCUT2D eigenvalue weighted by Gasteiger charge is 2.29. The number of nitriles is 1. The molecule has 1 N–H and O–H groups in total. The quantitative estimate of drug-likeness (QED) is 0.307. The molecule has 0 aliphatic carbocycles. The van der Waals surface area contributed by atoms with E-state index >= 15 is 0 Å². The van der Waals surface area contributed by atoms with Gasteiger partial charge < -0.3 is 15.0 Å². The standard InChI is InChI=1S/C22H29N3O3/c1-2-28-22(27)19-11-14-25(15-12-19)21(26)20(16-23)17-24-13-7-6-10-18-8-4-3-5-9-18/h3-5,8-9,17,19,24H,2,6-7,10-15H2,1H3/b20-17-. The Kier molecular flexibility index (Phi) is 9.06. The summed E-state index contributed by atoms with van der Waals surface area (Å²) in [6.07, 6.45) is 5.70. The lowest BCUT2D eigenvalue weighted by atomic mass is 9.96. The summed E-state index contributed by atoms with van der Waals surface area (Å²) < 4.78 is 5.04. The first kappa shape index (κ1) is 21.5. The summed E-state index contributed by atoms with van der Waals surface area (Å²) in [4.78, 5) is 25.9. The smallest absolute Gasteiger partial charge is 0.309 e. The molecule has 28 heavy (non-hydrogen) atoms. The van der Waals surface area contributed by atoms with Crippen LogP contribution in [0.4, 0.5) is 0 Å². The highest BCUT2D eigenvalue weighted by Crippen LogP contribution is 2.20. The highest BCUT2D eigenvalue weighted by atomic mass is 16.5. The molecule has 6 nitrogen and oxygen atoms in total. The van der Waals surface area contributed by atoms with Gasteiger partial charge >= 0.3 is 5.97 Å². The Morgan fingerprint density at radius 1 is 1.25 bits per heavy atom. The number of likely N-dealkylation sites (tertiary alicyclic amines) is 1. The van der Waals surface area contributed by atoms with E-state index < -0.39 is 0 Å². The van der Waals surface area contributed by atoms with E-state index in [2.05, 4.69) is 17.4 Å². The van der Waals surface area contributed by atoms with E-state index in [0.29, 0.717) is 32.5 Å². The SMILES string of the molecule is CCOC(=O)C1CCN(C(=O)/C(C#N)=C\NCCCCc2ccccc2)CC1. The molecule has 1 aliphatic heterocycles. The Labute approximate surface area is 167 Å². The fraction of sp³-hybridized carbons (Fsp3) is 0.500. The molecule has 1 saturated heterocycles. The van der Waals surface area contributed by atoms with Gasteiger partial charge in [0.15, 0.2) is 0 Å². The van der Waals surface area contributed by atoms with Crippen molar-refractivity contribution in [3.63, 3.8) is 0 Å². The molecular weight excluding hydrogens is 354 g/mol. The minimum Gasteiger partial charge on any atom is -0.466 e. The first-order valence-corrected chi connectivity index (χ1v) is 9.99. The van der Waals surface area contributed by atoms with Crippen molar-refractivity contribution in [2.24, 2.45) is 5.92 Å². The lowest BCUT2D eigenvalue weighted by Crippen LogP contribution is -2.41. The molecule has 150 valence electrons. The van der Waals surface area contributed by atoms with Crippen LogP contribution in [0.1, 0.15) is 38.2 Å². The number of hydrogen-bond acceptors (Lipinski definition) is 5. The van der Waals surface area contributed by atoms with Gasteiger partial charge in [0.1, 0.15) is 11.6 Å². The van der Waals surface area contributed by atoms with E-state index in [9.17, 15) is 14.9 Å². The number of piperidine rings is 1. The van der Waals surface area contributed by atoms with Gasteiger partial charge in [-0.25, -0.2) is 0 Å². The Morgan fingerprint density at radius 3 is 2.61 bits per heavy atom. The van der Waals surface area contributed by atoms with Gasteiger partial charge in [-0.15, -0.1) is 0 Å². The van der Waals surface area contributed by atoms with Gasteiger partial charge in [-0.3, -0.25) is 9.59 Å². The van der Waals surface area contributed by atoms with Crippen LogP contribution in [-0.2, 0) is 20.7 Å². The van der Waals surface area contributed by atoms with E-state index in [1.807, 2.05) is 24.3 Å². The lowest BCUT2D eigenvalue weighted by Gasteiger charge is -2.30. The number of aryl methyl sites for hydroxylation is 1. The summed E-state index contributed by atoms with van der Waals surface area (Å²) in [6, 6.07) is 12.3. The highest BCUT2D eigenvalue weighted by molar-refractivity contribution is 5.97. The van der Waals surface area contributed by atoms with Crippen molar-refractivity contribution in [1.82, 2.24) is 10.2 Å². The van der Waals surface area contributed by atoms with Gasteiger partial charge in [-0.2, -0.15) is 5.26 Å². The van der Waals surface area contributed by atoms with Crippen LogP contribution in [0, 0.1) is 17.2 Å². The predicted octanol–water partition coefficient (Wildman–Crippen LogP) is 2.81. The maximum Gasteiger partial charge on any atom is 0.309 e. The predicted molar refractivity (Wildman–Crippen MR) is 107 cm³/mol. The van der Waals surface area contributed by atoms with Gasteiger partial charge in [0.2, 0.25) is 0 Å². The number of esters is 1. The molecule has 1 heterocycles. The molecule has 1 aromatic rings. The van der Waals surface area contributed by atoms with Gasteiger partial charge in [-0.05, 0) is 44.6 Å². The number of benzene rings is 1. The summed E-state index contributed by atoms with van der Waals surface area (Å²) in [5, 5.41) is 12.4. The maximum atomic E-state index is 12.5. The number of nitrogens with zero attached hydrogens (tertiary/aromatic N) is 2. The molecule has 0 saturated carbocycles. The number of carbonyl (C=O) groups is 2. The molecule has 1 aliphatic rings. The molecule has 1 amide bonds. The molecule has 0 spiro atoms. The largest absolute Gasteiger partial charge is 0.466 e. The van der Waals surface area contributed by atoms with Crippen molar-refractivity contribution in [2.75, 3.05) is 26.2 Å². The van der Waals surface area contributed by atoms with Crippen LogP contribution in [0.5, 0.6) is 0 Å². The molecule has 0 radical (unpaired) electrons. The van der Waals surface area contributed by atoms with E-state index in [0.717, 1.165) is 25.8 Å². The second-order valence-corrected chi connectivity index (χ2v) is 6.89. The number of unbranched alkanes of at least 4 members (excludes halogenated alkanes) is 1. The van der Waals surface area contributed by atoms with Gasteiger partial charge in [0, 0.05) is 25.8 Å². The summed E-state index contributed by atoms with van der Waals surface area (Å²) in [5.41, 5.74) is 1.43. The minimum atomic E-state index is -0.276. The number of ether oxygens (including phenoxy) is 1. The van der Waals surface area contributed by atoms with Crippen molar-refractivity contribution in [3.05, 3.63) is 47.7 Å². The molecule has 1 aromatic carbocycles. The summed E-state index contributed by atoms with van der Waals surface area (Å²) >= 11 is 0. The molecular formula is C22H29N3O3. The van der Waals surface area contributed by atoms with Crippen LogP contribution in [0.2, 0.25) is 0 Å². The topological polar surface area (TPSA) is 82.4 Å². The van der Waals surface area contributed by atoms with Gasteiger partial charge in [0.05, 0.1) is 12.5 Å². The summed E-state index contributed by atoms with van der Waals surface area (Å²) in [5.74, 6) is -0.620. The van der Waals surface area contributed by atoms with Crippen LogP contribution in [0.25, 0.3) is 0 Å². The Balaban J connectivity index is 1.71. The third-order valence-electron chi connectivity index (χ3n) is 4.88. The van der Waals surface area contributed by atoms with Crippen LogP contribution in [0.3, 0.4) is 0 Å². The van der Waals surface area contributed by atoms with Crippen molar-refractivity contribution < 1.29 is 14.3 Å². The van der Waals surface area contributed by atoms with Crippen molar-refractivity contribution >= 4 is 11.9 Å². The van der Waals surface area contributed by atoms with Crippen molar-refractivity contribution in [3.8, 4) is 6.07 Å².